The van der Waals surface area contributed by atoms with E-state index in [9.17, 15) is 23.3 Å². The van der Waals surface area contributed by atoms with E-state index in [1.165, 1.54) is 12.1 Å². The molecule has 180 valence electrons. The third-order valence-electron chi connectivity index (χ3n) is 5.32. The number of nitrogens with zero attached hydrogens (tertiary/aromatic N) is 2. The van der Waals surface area contributed by atoms with E-state index < -0.39 is 44.8 Å². The molecule has 8 nitrogen and oxygen atoms in total. The normalized spacial score (nSPS) is 19.2. The number of sulfone groups is 1. The van der Waals surface area contributed by atoms with E-state index in [0.29, 0.717) is 5.56 Å². The quantitative estimate of drug-likeness (QED) is 0.661. The zero-order chi connectivity index (χ0) is 25.1. The van der Waals surface area contributed by atoms with Crippen LogP contribution in [-0.4, -0.2) is 48.8 Å². The Morgan fingerprint density at radius 3 is 2.35 bits per heavy atom. The first-order chi connectivity index (χ1) is 15.9. The summed E-state index contributed by atoms with van der Waals surface area (Å²) in [6, 6.07) is 14.6. The van der Waals surface area contributed by atoms with Crippen LogP contribution in [-0.2, 0) is 19.4 Å². The van der Waals surface area contributed by atoms with Crippen LogP contribution in [0.2, 0.25) is 5.02 Å². The SMILES string of the molecule is CC(C)(C)OC(=O)N1C[C@H](S(=O)(=O)c2ccccc2Cl)C[C@H]1C(=O)NC(C#N)c1ccccc1. The zero-order valence-corrected chi connectivity index (χ0v) is 20.6. The Kier molecular flexibility index (Phi) is 7.54. The summed E-state index contributed by atoms with van der Waals surface area (Å²) in [5.41, 5.74) is -0.280. The molecule has 0 spiro atoms. The lowest BCUT2D eigenvalue weighted by molar-refractivity contribution is -0.125. The number of ether oxygens (including phenoxy) is 1. The van der Waals surface area contributed by atoms with Gasteiger partial charge in [-0.1, -0.05) is 54.1 Å². The Labute approximate surface area is 204 Å². The van der Waals surface area contributed by atoms with Gasteiger partial charge < -0.3 is 10.1 Å². The van der Waals surface area contributed by atoms with E-state index in [2.05, 4.69) is 5.32 Å². The number of rotatable bonds is 5. The van der Waals surface area contributed by atoms with Crippen LogP contribution in [0, 0.1) is 11.3 Å². The molecule has 1 heterocycles. The molecule has 2 amide bonds. The lowest BCUT2D eigenvalue weighted by atomic mass is 10.1. The molecule has 34 heavy (non-hydrogen) atoms. The summed E-state index contributed by atoms with van der Waals surface area (Å²) < 4.78 is 32.1. The van der Waals surface area contributed by atoms with Crippen LogP contribution in [0.15, 0.2) is 59.5 Å². The number of hydrogen-bond acceptors (Lipinski definition) is 6. The molecule has 3 atom stereocenters. The number of carbonyl (C=O) groups is 2. The molecule has 1 aliphatic rings. The van der Waals surface area contributed by atoms with Gasteiger partial charge in [0.25, 0.3) is 0 Å². The number of hydrogen-bond donors (Lipinski definition) is 1. The van der Waals surface area contributed by atoms with Crippen molar-refractivity contribution in [2.45, 2.75) is 55.0 Å². The second-order valence-corrected chi connectivity index (χ2v) is 11.6. The molecule has 0 aliphatic carbocycles. The minimum Gasteiger partial charge on any atom is -0.444 e. The second-order valence-electron chi connectivity index (χ2n) is 8.96. The van der Waals surface area contributed by atoms with Gasteiger partial charge in [-0.15, -0.1) is 0 Å². The number of carbonyl (C=O) groups excluding carboxylic acids is 2. The fraction of sp³-hybridized carbons (Fsp3) is 0.375. The van der Waals surface area contributed by atoms with Crippen LogP contribution >= 0.6 is 11.6 Å². The van der Waals surface area contributed by atoms with Gasteiger partial charge in [0.2, 0.25) is 5.91 Å². The third-order valence-corrected chi connectivity index (χ3v) is 7.95. The molecule has 0 bridgehead atoms. The number of halogens is 1. The van der Waals surface area contributed by atoms with Crippen molar-refractivity contribution in [3.8, 4) is 6.07 Å². The average molecular weight is 504 g/mol. The van der Waals surface area contributed by atoms with Crippen molar-refractivity contribution in [1.29, 1.82) is 5.26 Å². The van der Waals surface area contributed by atoms with Crippen molar-refractivity contribution in [2.75, 3.05) is 6.54 Å². The lowest BCUT2D eigenvalue weighted by Crippen LogP contribution is -2.48. The first-order valence-electron chi connectivity index (χ1n) is 10.7. The molecule has 1 aliphatic heterocycles. The molecule has 1 saturated heterocycles. The van der Waals surface area contributed by atoms with Gasteiger partial charge in [0, 0.05) is 6.54 Å². The molecule has 0 radical (unpaired) electrons. The van der Waals surface area contributed by atoms with Crippen LogP contribution in [0.5, 0.6) is 0 Å². The van der Waals surface area contributed by atoms with Gasteiger partial charge in [-0.25, -0.2) is 13.2 Å². The van der Waals surface area contributed by atoms with E-state index >= 15 is 0 Å². The Morgan fingerprint density at radius 1 is 1.15 bits per heavy atom. The maximum atomic E-state index is 13.3. The number of likely N-dealkylation sites (tertiary alicyclic amines) is 1. The zero-order valence-electron chi connectivity index (χ0n) is 19.1. The Morgan fingerprint density at radius 2 is 1.76 bits per heavy atom. The molecule has 2 aromatic rings. The van der Waals surface area contributed by atoms with Crippen molar-refractivity contribution in [3.63, 3.8) is 0 Å². The maximum absolute atomic E-state index is 13.3. The Bertz CT molecular complexity index is 1210. The molecule has 0 aromatic heterocycles. The van der Waals surface area contributed by atoms with Gasteiger partial charge in [-0.05, 0) is 44.9 Å². The highest BCUT2D eigenvalue weighted by Crippen LogP contribution is 2.32. The Balaban J connectivity index is 1.91. The molecular formula is C24H26ClN3O5S. The Hall–Kier alpha value is -3.09. The topological polar surface area (TPSA) is 117 Å². The summed E-state index contributed by atoms with van der Waals surface area (Å²) in [5, 5.41) is 11.2. The molecule has 3 rings (SSSR count). The minimum absolute atomic E-state index is 0.0628. The summed E-state index contributed by atoms with van der Waals surface area (Å²) >= 11 is 6.13. The van der Waals surface area contributed by atoms with Crippen LogP contribution in [0.25, 0.3) is 0 Å². The van der Waals surface area contributed by atoms with Crippen LogP contribution in [0.3, 0.4) is 0 Å². The largest absolute Gasteiger partial charge is 0.444 e. The number of nitriles is 1. The summed E-state index contributed by atoms with van der Waals surface area (Å²) in [6.07, 6.45) is -0.969. The summed E-state index contributed by atoms with van der Waals surface area (Å²) in [6.45, 7) is 4.78. The van der Waals surface area contributed by atoms with Crippen LogP contribution in [0.1, 0.15) is 38.8 Å². The minimum atomic E-state index is -3.96. The molecule has 1 N–H and O–H groups in total. The predicted molar refractivity (Wildman–Crippen MR) is 127 cm³/mol. The summed E-state index contributed by atoms with van der Waals surface area (Å²) in [4.78, 5) is 27.2. The maximum Gasteiger partial charge on any atom is 0.411 e. The first kappa shape index (κ1) is 25.5. The fourth-order valence-electron chi connectivity index (χ4n) is 3.72. The molecule has 0 saturated carbocycles. The standard InChI is InChI=1S/C24H26ClN3O5S/c1-24(2,3)33-23(30)28-15-17(34(31,32)21-12-8-7-11-18(21)25)13-20(28)22(29)27-19(14-26)16-9-5-4-6-10-16/h4-12,17,19-20H,13,15H2,1-3H3,(H,27,29)/t17-,19?,20+/m1/s1. The third kappa shape index (κ3) is 5.69. The van der Waals surface area contributed by atoms with Gasteiger partial charge in [0.05, 0.1) is 21.2 Å². The molecule has 1 fully saturated rings. The molecule has 10 heteroatoms. The van der Waals surface area contributed by atoms with Gasteiger partial charge in [0.15, 0.2) is 9.84 Å². The summed E-state index contributed by atoms with van der Waals surface area (Å²) in [7, 11) is -3.96. The van der Waals surface area contributed by atoms with Gasteiger partial charge in [-0.2, -0.15) is 5.26 Å². The van der Waals surface area contributed by atoms with E-state index in [0.717, 1.165) is 4.90 Å². The van der Waals surface area contributed by atoms with Crippen molar-refractivity contribution >= 4 is 33.4 Å². The van der Waals surface area contributed by atoms with E-state index in [1.807, 2.05) is 6.07 Å². The van der Waals surface area contributed by atoms with Gasteiger partial charge >= 0.3 is 6.09 Å². The monoisotopic (exact) mass is 503 g/mol. The highest BCUT2D eigenvalue weighted by molar-refractivity contribution is 7.92. The lowest BCUT2D eigenvalue weighted by Gasteiger charge is -2.28. The smallest absolute Gasteiger partial charge is 0.411 e. The van der Waals surface area contributed by atoms with Crippen LogP contribution in [0.4, 0.5) is 4.79 Å². The number of nitrogens with one attached hydrogen (secondary N) is 1. The number of amides is 2. The van der Waals surface area contributed by atoms with Crippen LogP contribution < -0.4 is 5.32 Å². The van der Waals surface area contributed by atoms with Gasteiger partial charge in [0.1, 0.15) is 17.7 Å². The van der Waals surface area contributed by atoms with E-state index in [-0.39, 0.29) is 22.9 Å². The second kappa shape index (κ2) is 10.0. The van der Waals surface area contributed by atoms with Crippen molar-refractivity contribution < 1.29 is 22.7 Å². The van der Waals surface area contributed by atoms with Crippen molar-refractivity contribution in [2.24, 2.45) is 0 Å². The van der Waals surface area contributed by atoms with Crippen molar-refractivity contribution in [1.82, 2.24) is 10.2 Å². The highest BCUT2D eigenvalue weighted by atomic mass is 35.5. The van der Waals surface area contributed by atoms with E-state index in [4.69, 9.17) is 16.3 Å². The van der Waals surface area contributed by atoms with E-state index in [1.54, 1.807) is 63.2 Å². The molecule has 2 aromatic carbocycles. The molecule has 1 unspecified atom stereocenters. The van der Waals surface area contributed by atoms with Gasteiger partial charge in [-0.3, -0.25) is 9.69 Å². The number of benzene rings is 2. The predicted octanol–water partition coefficient (Wildman–Crippen LogP) is 3.87. The first-order valence-corrected chi connectivity index (χ1v) is 12.6. The fourth-order valence-corrected chi connectivity index (χ4v) is 5.94. The highest BCUT2D eigenvalue weighted by Gasteiger charge is 2.47. The molecular weight excluding hydrogens is 478 g/mol. The summed E-state index contributed by atoms with van der Waals surface area (Å²) in [5.74, 6) is -0.641. The average Bonchev–Trinajstić information content (AvgIpc) is 3.24. The van der Waals surface area contributed by atoms with Crippen molar-refractivity contribution in [3.05, 3.63) is 65.2 Å².